The average Bonchev–Trinajstić information content (AvgIpc) is 2.56. The molecule has 0 N–H and O–H groups in total. The molecule has 0 saturated heterocycles. The highest BCUT2D eigenvalue weighted by Crippen LogP contribution is 2.21. The van der Waals surface area contributed by atoms with Gasteiger partial charge >= 0.3 is 0 Å². The third kappa shape index (κ3) is 1.15. The summed E-state index contributed by atoms with van der Waals surface area (Å²) < 4.78 is 24.7. The molecule has 0 amide bonds. The van der Waals surface area contributed by atoms with Crippen molar-refractivity contribution in [2.24, 2.45) is 0 Å². The van der Waals surface area contributed by atoms with E-state index in [0.29, 0.717) is 10.8 Å². The molecule has 0 fully saturated rings. The highest BCUT2D eigenvalue weighted by atomic mass is 32.2. The molecule has 0 saturated carbocycles. The van der Waals surface area contributed by atoms with Crippen molar-refractivity contribution in [2.75, 3.05) is 5.75 Å². The molecule has 1 aromatic carbocycles. The molecule has 3 rings (SSSR count). The van der Waals surface area contributed by atoms with E-state index in [1.54, 1.807) is 30.3 Å². The highest BCUT2D eigenvalue weighted by molar-refractivity contribution is 7.91. The van der Waals surface area contributed by atoms with Crippen molar-refractivity contribution in [3.8, 4) is 0 Å². The number of pyridine rings is 1. The third-order valence-corrected chi connectivity index (χ3v) is 4.58. The standard InChI is InChI=1S/C11H9NO3S/c13-11-9-4-2-1-3-8(9)7-10-12(11)5-6-16(10,14)15/h1-4,7H,5-6H2. The van der Waals surface area contributed by atoms with E-state index in [9.17, 15) is 13.2 Å². The molecule has 0 radical (unpaired) electrons. The number of fused-ring (bicyclic) bond motifs is 2. The molecule has 0 bridgehead atoms. The normalized spacial score (nSPS) is 17.5. The van der Waals surface area contributed by atoms with E-state index in [4.69, 9.17) is 0 Å². The molecule has 0 spiro atoms. The van der Waals surface area contributed by atoms with Crippen LogP contribution in [0.2, 0.25) is 0 Å². The van der Waals surface area contributed by atoms with Crippen LogP contribution in [0.3, 0.4) is 0 Å². The lowest BCUT2D eigenvalue weighted by molar-refractivity contribution is 0.598. The van der Waals surface area contributed by atoms with Crippen LogP contribution in [0.15, 0.2) is 40.2 Å². The zero-order chi connectivity index (χ0) is 11.3. The van der Waals surface area contributed by atoms with Gasteiger partial charge in [0, 0.05) is 11.9 Å². The Bertz CT molecular complexity index is 743. The van der Waals surface area contributed by atoms with Crippen LogP contribution in [0.1, 0.15) is 0 Å². The van der Waals surface area contributed by atoms with Gasteiger partial charge in [-0.2, -0.15) is 0 Å². The quantitative estimate of drug-likeness (QED) is 0.678. The predicted molar refractivity (Wildman–Crippen MR) is 60.3 cm³/mol. The second kappa shape index (κ2) is 2.95. The molecule has 0 aliphatic carbocycles. The van der Waals surface area contributed by atoms with E-state index in [1.807, 2.05) is 0 Å². The first kappa shape index (κ1) is 9.59. The Morgan fingerprint density at radius 2 is 1.94 bits per heavy atom. The lowest BCUT2D eigenvalue weighted by Gasteiger charge is -2.03. The molecule has 82 valence electrons. The Hall–Kier alpha value is -1.62. The van der Waals surface area contributed by atoms with Crippen molar-refractivity contribution in [3.05, 3.63) is 40.7 Å². The zero-order valence-electron chi connectivity index (χ0n) is 8.38. The first-order valence-electron chi connectivity index (χ1n) is 4.95. The summed E-state index contributed by atoms with van der Waals surface area (Å²) in [6.45, 7) is 0.265. The van der Waals surface area contributed by atoms with Gasteiger partial charge in [0.2, 0.25) is 0 Å². The molecular weight excluding hydrogens is 226 g/mol. The monoisotopic (exact) mass is 235 g/mol. The molecule has 16 heavy (non-hydrogen) atoms. The Morgan fingerprint density at radius 1 is 1.19 bits per heavy atom. The van der Waals surface area contributed by atoms with Crippen molar-refractivity contribution in [1.29, 1.82) is 0 Å². The van der Waals surface area contributed by atoms with Crippen LogP contribution in [0.25, 0.3) is 10.8 Å². The molecule has 4 nitrogen and oxygen atoms in total. The summed E-state index contributed by atoms with van der Waals surface area (Å²) in [7, 11) is -3.26. The average molecular weight is 235 g/mol. The second-order valence-electron chi connectivity index (χ2n) is 3.85. The summed E-state index contributed by atoms with van der Waals surface area (Å²) in [5.41, 5.74) is -0.214. The number of hydrogen-bond acceptors (Lipinski definition) is 3. The molecule has 1 aliphatic rings. The Morgan fingerprint density at radius 3 is 2.75 bits per heavy atom. The third-order valence-electron chi connectivity index (χ3n) is 2.88. The first-order chi connectivity index (χ1) is 7.59. The molecule has 1 aromatic heterocycles. The van der Waals surface area contributed by atoms with Crippen molar-refractivity contribution in [2.45, 2.75) is 11.6 Å². The van der Waals surface area contributed by atoms with E-state index in [1.165, 1.54) is 4.57 Å². The topological polar surface area (TPSA) is 56.1 Å². The maximum Gasteiger partial charge on any atom is 0.259 e. The van der Waals surface area contributed by atoms with Crippen LogP contribution >= 0.6 is 0 Å². The summed E-state index contributed by atoms with van der Waals surface area (Å²) in [4.78, 5) is 12.0. The molecule has 2 heterocycles. The fourth-order valence-electron chi connectivity index (χ4n) is 2.06. The number of nitrogens with zero attached hydrogens (tertiary/aromatic N) is 1. The van der Waals surface area contributed by atoms with Gasteiger partial charge in [-0.25, -0.2) is 8.42 Å². The Kier molecular flexibility index (Phi) is 1.77. The highest BCUT2D eigenvalue weighted by Gasteiger charge is 2.27. The fourth-order valence-corrected chi connectivity index (χ4v) is 3.51. The van der Waals surface area contributed by atoms with E-state index in [-0.39, 0.29) is 22.9 Å². The largest absolute Gasteiger partial charge is 0.298 e. The maximum atomic E-state index is 12.0. The summed E-state index contributed by atoms with van der Waals surface area (Å²) in [5, 5.41) is 1.41. The number of hydrogen-bond donors (Lipinski definition) is 0. The number of aromatic nitrogens is 1. The minimum absolute atomic E-state index is 0.0264. The van der Waals surface area contributed by atoms with E-state index in [0.717, 1.165) is 0 Å². The summed E-state index contributed by atoms with van der Waals surface area (Å²) in [6.07, 6.45) is 0. The minimum atomic E-state index is -3.26. The van der Waals surface area contributed by atoms with Crippen LogP contribution in [0.4, 0.5) is 0 Å². The summed E-state index contributed by atoms with van der Waals surface area (Å²) in [6, 6.07) is 8.63. The molecule has 0 atom stereocenters. The van der Waals surface area contributed by atoms with Crippen molar-refractivity contribution >= 4 is 20.6 Å². The van der Waals surface area contributed by atoms with E-state index in [2.05, 4.69) is 0 Å². The minimum Gasteiger partial charge on any atom is -0.298 e. The number of benzene rings is 1. The summed E-state index contributed by atoms with van der Waals surface area (Å²) in [5.74, 6) is 0.0264. The van der Waals surface area contributed by atoms with Gasteiger partial charge in [0.15, 0.2) is 9.84 Å². The molecule has 5 heteroatoms. The summed E-state index contributed by atoms with van der Waals surface area (Å²) >= 11 is 0. The maximum absolute atomic E-state index is 12.0. The van der Waals surface area contributed by atoms with Crippen LogP contribution in [-0.4, -0.2) is 18.7 Å². The zero-order valence-corrected chi connectivity index (χ0v) is 9.20. The second-order valence-corrected chi connectivity index (χ2v) is 5.90. The van der Waals surface area contributed by atoms with Gasteiger partial charge < -0.3 is 0 Å². The number of rotatable bonds is 0. The van der Waals surface area contributed by atoms with Gasteiger partial charge in [-0.05, 0) is 17.5 Å². The molecular formula is C11H9NO3S. The lowest BCUT2D eigenvalue weighted by atomic mass is 10.2. The van der Waals surface area contributed by atoms with E-state index < -0.39 is 9.84 Å². The fraction of sp³-hybridized carbons (Fsp3) is 0.182. The van der Waals surface area contributed by atoms with Crippen LogP contribution < -0.4 is 5.56 Å². The molecule has 1 aliphatic heterocycles. The number of sulfone groups is 1. The SMILES string of the molecule is O=c1c2ccccc2cc2n1CCS2(=O)=O. The van der Waals surface area contributed by atoms with Crippen molar-refractivity contribution in [1.82, 2.24) is 4.57 Å². The van der Waals surface area contributed by atoms with Gasteiger partial charge in [-0.1, -0.05) is 18.2 Å². The molecule has 0 unspecified atom stereocenters. The van der Waals surface area contributed by atoms with Crippen LogP contribution in [0.5, 0.6) is 0 Å². The predicted octanol–water partition coefficient (Wildman–Crippen LogP) is 0.789. The van der Waals surface area contributed by atoms with Gasteiger partial charge in [0.25, 0.3) is 5.56 Å². The van der Waals surface area contributed by atoms with Gasteiger partial charge in [-0.3, -0.25) is 9.36 Å². The first-order valence-corrected chi connectivity index (χ1v) is 6.60. The van der Waals surface area contributed by atoms with Crippen LogP contribution in [0, 0.1) is 0 Å². The van der Waals surface area contributed by atoms with Crippen molar-refractivity contribution < 1.29 is 8.42 Å². The van der Waals surface area contributed by atoms with Gasteiger partial charge in [-0.15, -0.1) is 0 Å². The molecule has 2 aromatic rings. The van der Waals surface area contributed by atoms with Gasteiger partial charge in [0.05, 0.1) is 5.75 Å². The van der Waals surface area contributed by atoms with E-state index >= 15 is 0 Å². The Balaban J connectivity index is 2.56. The smallest absolute Gasteiger partial charge is 0.259 e. The van der Waals surface area contributed by atoms with Crippen molar-refractivity contribution in [3.63, 3.8) is 0 Å². The Labute approximate surface area is 92.1 Å². The van der Waals surface area contributed by atoms with Crippen LogP contribution in [-0.2, 0) is 16.4 Å². The van der Waals surface area contributed by atoms with Gasteiger partial charge in [0.1, 0.15) is 5.03 Å². The lowest BCUT2D eigenvalue weighted by Crippen LogP contribution is -2.19.